The maximum Gasteiger partial charge on any atom is 0.311 e. The fraction of sp³-hybridized carbons (Fsp3) is 0.462. The molecule has 1 aliphatic heterocycles. The maximum absolute atomic E-state index is 13.2. The number of rotatable bonds is 3. The molecule has 1 aromatic rings. The molecule has 0 amide bonds. The van der Waals surface area contributed by atoms with Gasteiger partial charge in [0.2, 0.25) is 0 Å². The van der Waals surface area contributed by atoms with Gasteiger partial charge >= 0.3 is 5.97 Å². The van der Waals surface area contributed by atoms with Gasteiger partial charge in [-0.3, -0.25) is 4.79 Å². The van der Waals surface area contributed by atoms with Crippen molar-refractivity contribution in [3.63, 3.8) is 0 Å². The van der Waals surface area contributed by atoms with Crippen LogP contribution >= 0.6 is 0 Å². The number of hydrogen-bond donors (Lipinski definition) is 1. The van der Waals surface area contributed by atoms with E-state index in [1.165, 1.54) is 12.1 Å². The zero-order chi connectivity index (χ0) is 12.1. The van der Waals surface area contributed by atoms with Crippen LogP contribution in [0.5, 0.6) is 5.75 Å². The Morgan fingerprint density at radius 1 is 1.35 bits per heavy atom. The molecule has 1 aliphatic rings. The van der Waals surface area contributed by atoms with Crippen molar-refractivity contribution in [2.45, 2.75) is 19.3 Å². The molecule has 1 heterocycles. The van der Waals surface area contributed by atoms with Gasteiger partial charge in [-0.2, -0.15) is 0 Å². The van der Waals surface area contributed by atoms with Gasteiger partial charge in [0, 0.05) is 6.42 Å². The van der Waals surface area contributed by atoms with E-state index in [-0.39, 0.29) is 11.7 Å². The summed E-state index contributed by atoms with van der Waals surface area (Å²) in [6.45, 7) is 1.88. The van der Waals surface area contributed by atoms with E-state index in [9.17, 15) is 9.18 Å². The minimum Gasteiger partial charge on any atom is -0.423 e. The third kappa shape index (κ3) is 3.53. The molecule has 2 rings (SSSR count). The lowest BCUT2D eigenvalue weighted by Crippen LogP contribution is -2.29. The monoisotopic (exact) mass is 237 g/mol. The fourth-order valence-corrected chi connectivity index (χ4v) is 2.01. The van der Waals surface area contributed by atoms with Crippen molar-refractivity contribution < 1.29 is 13.9 Å². The fourth-order valence-electron chi connectivity index (χ4n) is 2.01. The van der Waals surface area contributed by atoms with Crippen molar-refractivity contribution in [1.29, 1.82) is 0 Å². The van der Waals surface area contributed by atoms with E-state index >= 15 is 0 Å². The molecule has 0 atom stereocenters. The van der Waals surface area contributed by atoms with Gasteiger partial charge in [0.1, 0.15) is 0 Å². The summed E-state index contributed by atoms with van der Waals surface area (Å²) in [6, 6.07) is 5.97. The van der Waals surface area contributed by atoms with Crippen molar-refractivity contribution in [2.24, 2.45) is 5.92 Å². The lowest BCUT2D eigenvalue weighted by molar-refractivity contribution is -0.135. The highest BCUT2D eigenvalue weighted by Gasteiger charge is 2.18. The van der Waals surface area contributed by atoms with Gasteiger partial charge in [0.05, 0.1) is 0 Å². The van der Waals surface area contributed by atoms with Crippen molar-refractivity contribution in [1.82, 2.24) is 5.32 Å². The second-order valence-electron chi connectivity index (χ2n) is 4.30. The summed E-state index contributed by atoms with van der Waals surface area (Å²) in [4.78, 5) is 11.6. The molecule has 1 aromatic carbocycles. The Kier molecular flexibility index (Phi) is 4.09. The van der Waals surface area contributed by atoms with Gasteiger partial charge in [0.25, 0.3) is 0 Å². The van der Waals surface area contributed by atoms with E-state index in [2.05, 4.69) is 5.32 Å². The molecule has 0 bridgehead atoms. The van der Waals surface area contributed by atoms with Crippen molar-refractivity contribution >= 4 is 5.97 Å². The van der Waals surface area contributed by atoms with Crippen LogP contribution in [-0.2, 0) is 4.79 Å². The summed E-state index contributed by atoms with van der Waals surface area (Å²) in [5.74, 6) is -0.463. The summed E-state index contributed by atoms with van der Waals surface area (Å²) in [5.41, 5.74) is 0. The number of carbonyl (C=O) groups is 1. The largest absolute Gasteiger partial charge is 0.423 e. The number of carbonyl (C=O) groups excluding carboxylic acids is 1. The Morgan fingerprint density at radius 3 is 2.76 bits per heavy atom. The summed E-state index contributed by atoms with van der Waals surface area (Å²) < 4.78 is 18.3. The van der Waals surface area contributed by atoms with Crippen LogP contribution < -0.4 is 10.1 Å². The normalized spacial score (nSPS) is 16.8. The van der Waals surface area contributed by atoms with Crippen LogP contribution in [-0.4, -0.2) is 19.1 Å². The Bertz CT molecular complexity index is 389. The summed E-state index contributed by atoms with van der Waals surface area (Å²) in [5, 5.41) is 3.23. The Labute approximate surface area is 100.0 Å². The highest BCUT2D eigenvalue weighted by Crippen LogP contribution is 2.20. The molecule has 0 saturated carbocycles. The average Bonchev–Trinajstić information content (AvgIpc) is 2.33. The first-order valence-electron chi connectivity index (χ1n) is 5.91. The Morgan fingerprint density at radius 2 is 2.06 bits per heavy atom. The van der Waals surface area contributed by atoms with Crippen molar-refractivity contribution in [2.75, 3.05) is 13.1 Å². The third-order valence-electron chi connectivity index (χ3n) is 2.97. The van der Waals surface area contributed by atoms with Crippen molar-refractivity contribution in [3.8, 4) is 5.75 Å². The van der Waals surface area contributed by atoms with Gasteiger partial charge in [-0.15, -0.1) is 0 Å². The van der Waals surface area contributed by atoms with Gasteiger partial charge in [-0.05, 0) is 44.0 Å². The van der Waals surface area contributed by atoms with Crippen LogP contribution in [0, 0.1) is 11.7 Å². The van der Waals surface area contributed by atoms with Gasteiger partial charge in [0.15, 0.2) is 11.6 Å². The average molecular weight is 237 g/mol. The third-order valence-corrected chi connectivity index (χ3v) is 2.97. The molecule has 0 radical (unpaired) electrons. The van der Waals surface area contributed by atoms with E-state index < -0.39 is 5.82 Å². The second kappa shape index (κ2) is 5.77. The number of para-hydroxylation sites is 1. The number of hydrogen-bond acceptors (Lipinski definition) is 3. The van der Waals surface area contributed by atoms with E-state index in [0.717, 1.165) is 25.9 Å². The lowest BCUT2D eigenvalue weighted by Gasteiger charge is -2.21. The zero-order valence-corrected chi connectivity index (χ0v) is 9.62. The number of esters is 1. The van der Waals surface area contributed by atoms with Crippen LogP contribution in [0.2, 0.25) is 0 Å². The number of piperidine rings is 1. The predicted molar refractivity (Wildman–Crippen MR) is 62.2 cm³/mol. The molecular formula is C13H16FNO2. The van der Waals surface area contributed by atoms with Gasteiger partial charge in [-0.25, -0.2) is 4.39 Å². The maximum atomic E-state index is 13.2. The van der Waals surface area contributed by atoms with E-state index in [4.69, 9.17) is 4.74 Å². The topological polar surface area (TPSA) is 38.3 Å². The Hall–Kier alpha value is -1.42. The Balaban J connectivity index is 1.86. The summed E-state index contributed by atoms with van der Waals surface area (Å²) >= 11 is 0. The standard InChI is InChI=1S/C13H16FNO2/c14-11-3-1-2-4-12(11)17-13(16)9-10-5-7-15-8-6-10/h1-4,10,15H,5-9H2. The molecule has 0 aliphatic carbocycles. The predicted octanol–water partition coefficient (Wildman–Crippen LogP) is 2.12. The highest BCUT2D eigenvalue weighted by atomic mass is 19.1. The first-order valence-corrected chi connectivity index (χ1v) is 5.91. The van der Waals surface area contributed by atoms with E-state index in [0.29, 0.717) is 12.3 Å². The molecule has 4 heteroatoms. The van der Waals surface area contributed by atoms with E-state index in [1.807, 2.05) is 0 Å². The minimum atomic E-state index is -0.494. The number of ether oxygens (including phenoxy) is 1. The van der Waals surface area contributed by atoms with Crippen LogP contribution in [0.4, 0.5) is 4.39 Å². The SMILES string of the molecule is O=C(CC1CCNCC1)Oc1ccccc1F. The van der Waals surface area contributed by atoms with Crippen LogP contribution in [0.25, 0.3) is 0 Å². The molecule has 0 unspecified atom stereocenters. The number of halogens is 1. The molecule has 1 N–H and O–H groups in total. The second-order valence-corrected chi connectivity index (χ2v) is 4.30. The first kappa shape index (κ1) is 12.0. The zero-order valence-electron chi connectivity index (χ0n) is 9.62. The highest BCUT2D eigenvalue weighted by molar-refractivity contribution is 5.72. The molecule has 3 nitrogen and oxygen atoms in total. The smallest absolute Gasteiger partial charge is 0.311 e. The number of benzene rings is 1. The van der Waals surface area contributed by atoms with Crippen LogP contribution in [0.1, 0.15) is 19.3 Å². The van der Waals surface area contributed by atoms with Gasteiger partial charge in [-0.1, -0.05) is 12.1 Å². The summed E-state index contributed by atoms with van der Waals surface area (Å²) in [7, 11) is 0. The molecule has 92 valence electrons. The number of nitrogens with one attached hydrogen (secondary N) is 1. The molecule has 1 saturated heterocycles. The van der Waals surface area contributed by atoms with Crippen molar-refractivity contribution in [3.05, 3.63) is 30.1 Å². The van der Waals surface area contributed by atoms with Crippen LogP contribution in [0.15, 0.2) is 24.3 Å². The van der Waals surface area contributed by atoms with Crippen LogP contribution in [0.3, 0.4) is 0 Å². The first-order chi connectivity index (χ1) is 8.25. The summed E-state index contributed by atoms with van der Waals surface area (Å²) in [6.07, 6.45) is 2.33. The molecule has 17 heavy (non-hydrogen) atoms. The van der Waals surface area contributed by atoms with Gasteiger partial charge < -0.3 is 10.1 Å². The quantitative estimate of drug-likeness (QED) is 0.646. The van der Waals surface area contributed by atoms with E-state index in [1.54, 1.807) is 12.1 Å². The lowest BCUT2D eigenvalue weighted by atomic mass is 9.95. The molecule has 1 fully saturated rings. The molecule has 0 spiro atoms. The minimum absolute atomic E-state index is 0.0198. The molecular weight excluding hydrogens is 221 g/mol. The molecule has 0 aromatic heterocycles.